The molecule has 152 valence electrons. The van der Waals surface area contributed by atoms with Gasteiger partial charge >= 0.3 is 0 Å². The van der Waals surface area contributed by atoms with Crippen molar-refractivity contribution in [2.75, 3.05) is 26.1 Å². The highest BCUT2D eigenvalue weighted by molar-refractivity contribution is 8.01. The van der Waals surface area contributed by atoms with Gasteiger partial charge in [-0.2, -0.15) is 0 Å². The predicted molar refractivity (Wildman–Crippen MR) is 113 cm³/mol. The van der Waals surface area contributed by atoms with Crippen LogP contribution in [0.25, 0.3) is 0 Å². The summed E-state index contributed by atoms with van der Waals surface area (Å²) in [5.74, 6) is 1.32. The molecule has 2 amide bonds. The van der Waals surface area contributed by atoms with Crippen LogP contribution in [0.1, 0.15) is 30.9 Å². The first kappa shape index (κ1) is 19.6. The zero-order valence-electron chi connectivity index (χ0n) is 16.5. The minimum Gasteiger partial charge on any atom is -0.497 e. The van der Waals surface area contributed by atoms with E-state index in [-0.39, 0.29) is 24.3 Å². The number of hydrogen-bond donors (Lipinski definition) is 1. The maximum absolute atomic E-state index is 13.1. The number of rotatable bonds is 5. The molecule has 0 radical (unpaired) electrons. The van der Waals surface area contributed by atoms with Gasteiger partial charge in [0.05, 0.1) is 31.2 Å². The molecule has 2 unspecified atom stereocenters. The van der Waals surface area contributed by atoms with Crippen LogP contribution in [-0.4, -0.2) is 42.7 Å². The van der Waals surface area contributed by atoms with Crippen LogP contribution in [0.4, 0.5) is 5.69 Å². The number of benzene rings is 2. The fourth-order valence-electron chi connectivity index (χ4n) is 3.99. The van der Waals surface area contributed by atoms with Crippen LogP contribution in [0.3, 0.4) is 0 Å². The summed E-state index contributed by atoms with van der Waals surface area (Å²) in [5.41, 5.74) is 1.79. The maximum atomic E-state index is 13.1. The van der Waals surface area contributed by atoms with Gasteiger partial charge in [-0.3, -0.25) is 9.59 Å². The molecule has 0 aromatic heterocycles. The third kappa shape index (κ3) is 3.92. The van der Waals surface area contributed by atoms with Crippen molar-refractivity contribution in [3.8, 4) is 11.5 Å². The third-order valence-electron chi connectivity index (χ3n) is 5.44. The minimum atomic E-state index is -0.420. The van der Waals surface area contributed by atoms with Crippen molar-refractivity contribution in [1.29, 1.82) is 0 Å². The standard InChI is InChI=1S/C22H24N2O4S/c1-27-14-9-10-15(18(12-14)28-2)17-7-5-11-24(17)21(25)13-20-22(26)23-16-6-3-4-8-19(16)29-20/h3-4,6,8-10,12,17,20H,5,7,11,13H2,1-2H3,(H,23,26). The Balaban J connectivity index is 1.51. The average molecular weight is 413 g/mol. The van der Waals surface area contributed by atoms with E-state index in [9.17, 15) is 9.59 Å². The predicted octanol–water partition coefficient (Wildman–Crippen LogP) is 3.87. The number of para-hydroxylation sites is 1. The van der Waals surface area contributed by atoms with E-state index in [2.05, 4.69) is 5.32 Å². The lowest BCUT2D eigenvalue weighted by atomic mass is 10.0. The summed E-state index contributed by atoms with van der Waals surface area (Å²) < 4.78 is 10.8. The summed E-state index contributed by atoms with van der Waals surface area (Å²) in [6.45, 7) is 0.689. The van der Waals surface area contributed by atoms with Crippen LogP contribution < -0.4 is 14.8 Å². The number of fused-ring (bicyclic) bond motifs is 1. The van der Waals surface area contributed by atoms with Crippen LogP contribution in [0.15, 0.2) is 47.4 Å². The van der Waals surface area contributed by atoms with Crippen molar-refractivity contribution in [2.45, 2.75) is 35.4 Å². The lowest BCUT2D eigenvalue weighted by Crippen LogP contribution is -2.37. The van der Waals surface area contributed by atoms with Gasteiger partial charge < -0.3 is 19.7 Å². The summed E-state index contributed by atoms with van der Waals surface area (Å²) in [6, 6.07) is 13.3. The number of anilines is 1. The lowest BCUT2D eigenvalue weighted by molar-refractivity contribution is -0.133. The Morgan fingerprint density at radius 2 is 2.03 bits per heavy atom. The first-order valence-electron chi connectivity index (χ1n) is 9.68. The van der Waals surface area contributed by atoms with Gasteiger partial charge in [0.1, 0.15) is 11.5 Å². The van der Waals surface area contributed by atoms with Crippen LogP contribution in [0, 0.1) is 0 Å². The number of likely N-dealkylation sites (tertiary alicyclic amines) is 1. The van der Waals surface area contributed by atoms with E-state index in [1.807, 2.05) is 47.4 Å². The fraction of sp³-hybridized carbons (Fsp3) is 0.364. The number of nitrogens with one attached hydrogen (secondary N) is 1. The molecule has 2 heterocycles. The summed E-state index contributed by atoms with van der Waals surface area (Å²) >= 11 is 1.46. The lowest BCUT2D eigenvalue weighted by Gasteiger charge is -2.29. The first-order valence-corrected chi connectivity index (χ1v) is 10.6. The Kier molecular flexibility index (Phi) is 5.67. The number of hydrogen-bond acceptors (Lipinski definition) is 5. The molecule has 0 bridgehead atoms. The van der Waals surface area contributed by atoms with Gasteiger partial charge in [-0.05, 0) is 37.1 Å². The summed E-state index contributed by atoms with van der Waals surface area (Å²) in [5, 5.41) is 2.50. The van der Waals surface area contributed by atoms with E-state index in [4.69, 9.17) is 9.47 Å². The van der Waals surface area contributed by atoms with Crippen LogP contribution in [0.2, 0.25) is 0 Å². The molecule has 2 aliphatic rings. The zero-order chi connectivity index (χ0) is 20.4. The maximum Gasteiger partial charge on any atom is 0.238 e. The number of ether oxygens (including phenoxy) is 2. The fourth-order valence-corrected chi connectivity index (χ4v) is 5.09. The molecule has 0 spiro atoms. The number of amides is 2. The minimum absolute atomic E-state index is 0.00241. The molecule has 6 nitrogen and oxygen atoms in total. The molecule has 0 aliphatic carbocycles. The highest BCUT2D eigenvalue weighted by Crippen LogP contribution is 2.41. The third-order valence-corrected chi connectivity index (χ3v) is 6.71. The molecule has 1 fully saturated rings. The van der Waals surface area contributed by atoms with Crippen molar-refractivity contribution in [3.05, 3.63) is 48.0 Å². The molecular weight excluding hydrogens is 388 g/mol. The van der Waals surface area contributed by atoms with Crippen LogP contribution in [0.5, 0.6) is 11.5 Å². The van der Waals surface area contributed by atoms with Crippen molar-refractivity contribution < 1.29 is 19.1 Å². The largest absolute Gasteiger partial charge is 0.497 e. The molecule has 1 N–H and O–H groups in total. The van der Waals surface area contributed by atoms with Gasteiger partial charge in [0.25, 0.3) is 0 Å². The second kappa shape index (κ2) is 8.37. The van der Waals surface area contributed by atoms with Gasteiger partial charge in [-0.15, -0.1) is 11.8 Å². The van der Waals surface area contributed by atoms with E-state index < -0.39 is 5.25 Å². The second-order valence-corrected chi connectivity index (χ2v) is 8.39. The van der Waals surface area contributed by atoms with E-state index >= 15 is 0 Å². The van der Waals surface area contributed by atoms with Gasteiger partial charge in [-0.1, -0.05) is 12.1 Å². The molecule has 2 atom stereocenters. The van der Waals surface area contributed by atoms with E-state index in [1.54, 1.807) is 14.2 Å². The number of carbonyl (C=O) groups excluding carboxylic acids is 2. The zero-order valence-corrected chi connectivity index (χ0v) is 17.3. The van der Waals surface area contributed by atoms with Crippen molar-refractivity contribution in [2.24, 2.45) is 0 Å². The van der Waals surface area contributed by atoms with E-state index in [1.165, 1.54) is 11.8 Å². The number of thioether (sulfide) groups is 1. The van der Waals surface area contributed by atoms with Crippen molar-refractivity contribution in [3.63, 3.8) is 0 Å². The Morgan fingerprint density at radius 1 is 1.21 bits per heavy atom. The van der Waals surface area contributed by atoms with Gasteiger partial charge in [0, 0.05) is 29.5 Å². The Bertz CT molecular complexity index is 933. The molecule has 2 aromatic carbocycles. The Hall–Kier alpha value is -2.67. The SMILES string of the molecule is COc1ccc(C2CCCN2C(=O)CC2Sc3ccccc3NC2=O)c(OC)c1. The summed E-state index contributed by atoms with van der Waals surface area (Å²) in [4.78, 5) is 28.5. The first-order chi connectivity index (χ1) is 14.1. The topological polar surface area (TPSA) is 67.9 Å². The average Bonchev–Trinajstić information content (AvgIpc) is 3.23. The molecule has 1 saturated heterocycles. The van der Waals surface area contributed by atoms with Crippen LogP contribution >= 0.6 is 11.8 Å². The number of carbonyl (C=O) groups is 2. The summed E-state index contributed by atoms with van der Waals surface area (Å²) in [6.07, 6.45) is 1.99. The van der Waals surface area contributed by atoms with Crippen molar-refractivity contribution in [1.82, 2.24) is 4.90 Å². The molecule has 2 aromatic rings. The highest BCUT2D eigenvalue weighted by Gasteiger charge is 2.36. The molecular formula is C22H24N2O4S. The number of nitrogens with zero attached hydrogens (tertiary/aromatic N) is 1. The Morgan fingerprint density at radius 3 is 2.83 bits per heavy atom. The van der Waals surface area contributed by atoms with E-state index in [0.717, 1.165) is 34.7 Å². The van der Waals surface area contributed by atoms with E-state index in [0.29, 0.717) is 12.3 Å². The number of methoxy groups -OCH3 is 2. The second-order valence-electron chi connectivity index (χ2n) is 7.15. The van der Waals surface area contributed by atoms with Crippen LogP contribution in [-0.2, 0) is 9.59 Å². The van der Waals surface area contributed by atoms with Gasteiger partial charge in [0.15, 0.2) is 0 Å². The smallest absolute Gasteiger partial charge is 0.238 e. The molecule has 29 heavy (non-hydrogen) atoms. The monoisotopic (exact) mass is 412 g/mol. The van der Waals surface area contributed by atoms with Crippen molar-refractivity contribution >= 4 is 29.3 Å². The van der Waals surface area contributed by atoms with Gasteiger partial charge in [0.2, 0.25) is 11.8 Å². The van der Waals surface area contributed by atoms with Gasteiger partial charge in [-0.25, -0.2) is 0 Å². The molecule has 4 rings (SSSR count). The molecule has 2 aliphatic heterocycles. The normalized spacial score (nSPS) is 20.8. The quantitative estimate of drug-likeness (QED) is 0.807. The highest BCUT2D eigenvalue weighted by atomic mass is 32.2. The molecule has 7 heteroatoms. The summed E-state index contributed by atoms with van der Waals surface area (Å²) in [7, 11) is 3.24. The molecule has 0 saturated carbocycles. The Labute approximate surface area is 174 Å².